The highest BCUT2D eigenvalue weighted by molar-refractivity contribution is 14.0. The van der Waals surface area contributed by atoms with E-state index in [-0.39, 0.29) is 24.0 Å². The Morgan fingerprint density at radius 2 is 1.96 bits per heavy atom. The van der Waals surface area contributed by atoms with Gasteiger partial charge in [-0.15, -0.1) is 24.0 Å². The first kappa shape index (κ1) is 21.1. The Balaban J connectivity index is 0.00000225. The molecule has 152 valence electrons. The highest BCUT2D eigenvalue weighted by Gasteiger charge is 2.30. The van der Waals surface area contributed by atoms with Crippen LogP contribution in [-0.2, 0) is 6.54 Å². The molecule has 4 rings (SSSR count). The van der Waals surface area contributed by atoms with Crippen molar-refractivity contribution in [2.45, 2.75) is 38.8 Å². The Morgan fingerprint density at radius 3 is 2.68 bits per heavy atom. The van der Waals surface area contributed by atoms with E-state index in [1.54, 1.807) is 6.20 Å². The van der Waals surface area contributed by atoms with Crippen molar-refractivity contribution in [2.24, 2.45) is 4.99 Å². The molecule has 2 aromatic rings. The summed E-state index contributed by atoms with van der Waals surface area (Å²) >= 11 is 0. The molecule has 0 spiro atoms. The number of hydrogen-bond acceptors (Lipinski definition) is 4. The highest BCUT2D eigenvalue weighted by Crippen LogP contribution is 2.22. The summed E-state index contributed by atoms with van der Waals surface area (Å²) in [5.41, 5.74) is 2.29. The molecule has 1 aromatic carbocycles. The number of benzene rings is 1. The number of rotatable bonds is 4. The maximum atomic E-state index is 5.91. The molecule has 0 aliphatic carbocycles. The van der Waals surface area contributed by atoms with Crippen LogP contribution in [0.3, 0.4) is 0 Å². The van der Waals surface area contributed by atoms with Gasteiger partial charge in [-0.25, -0.2) is 4.98 Å². The second kappa shape index (κ2) is 9.73. The number of nitrogens with one attached hydrogen (secondary N) is 1. The van der Waals surface area contributed by atoms with E-state index in [2.05, 4.69) is 56.3 Å². The summed E-state index contributed by atoms with van der Waals surface area (Å²) in [7, 11) is 1.85. The van der Waals surface area contributed by atoms with Gasteiger partial charge in [0.05, 0.1) is 12.7 Å². The van der Waals surface area contributed by atoms with Crippen molar-refractivity contribution in [1.82, 2.24) is 20.1 Å². The Bertz CT molecular complexity index is 782. The lowest BCUT2D eigenvalue weighted by molar-refractivity contribution is 0.249. The molecule has 2 aliphatic rings. The molecule has 2 saturated heterocycles. The van der Waals surface area contributed by atoms with Crippen LogP contribution in [0.2, 0.25) is 0 Å². The van der Waals surface area contributed by atoms with Gasteiger partial charge in [0.15, 0.2) is 11.7 Å². The minimum Gasteiger partial charge on any atom is -0.439 e. The van der Waals surface area contributed by atoms with Gasteiger partial charge in [-0.2, -0.15) is 0 Å². The van der Waals surface area contributed by atoms with Crippen molar-refractivity contribution < 1.29 is 4.42 Å². The number of halogens is 1. The van der Waals surface area contributed by atoms with Crippen LogP contribution in [0.15, 0.2) is 39.9 Å². The fraction of sp³-hybridized carbons (Fsp3) is 0.524. The van der Waals surface area contributed by atoms with Crippen LogP contribution < -0.4 is 5.32 Å². The maximum Gasteiger partial charge on any atom is 0.214 e. The molecule has 6 nitrogen and oxygen atoms in total. The van der Waals surface area contributed by atoms with Crippen LogP contribution in [0.25, 0.3) is 11.3 Å². The summed E-state index contributed by atoms with van der Waals surface area (Å²) in [6.45, 7) is 7.24. The number of aryl methyl sites for hydroxylation is 1. The van der Waals surface area contributed by atoms with Crippen molar-refractivity contribution in [3.63, 3.8) is 0 Å². The van der Waals surface area contributed by atoms with Crippen molar-refractivity contribution in [3.8, 4) is 11.3 Å². The predicted octanol–water partition coefficient (Wildman–Crippen LogP) is 3.51. The third kappa shape index (κ3) is 4.86. The van der Waals surface area contributed by atoms with Gasteiger partial charge in [-0.05, 0) is 39.3 Å². The number of hydrogen-bond donors (Lipinski definition) is 1. The third-order valence-corrected chi connectivity index (χ3v) is 5.62. The normalized spacial score (nSPS) is 20.4. The van der Waals surface area contributed by atoms with Crippen LogP contribution in [0, 0.1) is 6.92 Å². The minimum absolute atomic E-state index is 0. The molecule has 1 unspecified atom stereocenters. The lowest BCUT2D eigenvalue weighted by Gasteiger charge is -2.25. The molecule has 7 heteroatoms. The topological polar surface area (TPSA) is 56.9 Å². The van der Waals surface area contributed by atoms with E-state index in [4.69, 9.17) is 4.42 Å². The number of aliphatic imine (C=N–C) groups is 1. The molecule has 1 N–H and O–H groups in total. The van der Waals surface area contributed by atoms with Crippen LogP contribution >= 0.6 is 24.0 Å². The second-order valence-corrected chi connectivity index (χ2v) is 7.52. The summed E-state index contributed by atoms with van der Waals surface area (Å²) in [6.07, 6.45) is 5.70. The zero-order valence-electron chi connectivity index (χ0n) is 16.7. The molecule has 1 atom stereocenters. The Labute approximate surface area is 184 Å². The number of aromatic nitrogens is 1. The zero-order valence-corrected chi connectivity index (χ0v) is 19.1. The molecule has 0 radical (unpaired) electrons. The minimum atomic E-state index is 0. The number of guanidine groups is 1. The summed E-state index contributed by atoms with van der Waals surface area (Å²) in [5, 5.41) is 3.41. The van der Waals surface area contributed by atoms with Gasteiger partial charge < -0.3 is 14.6 Å². The molecule has 2 aliphatic heterocycles. The average Bonchev–Trinajstić information content (AvgIpc) is 3.44. The first-order valence-corrected chi connectivity index (χ1v) is 9.94. The summed E-state index contributed by atoms with van der Waals surface area (Å²) in [6, 6.07) is 8.97. The summed E-state index contributed by atoms with van der Waals surface area (Å²) in [4.78, 5) is 13.9. The van der Waals surface area contributed by atoms with Crippen molar-refractivity contribution in [3.05, 3.63) is 41.9 Å². The third-order valence-electron chi connectivity index (χ3n) is 5.62. The van der Waals surface area contributed by atoms with Crippen LogP contribution in [-0.4, -0.2) is 60.0 Å². The van der Waals surface area contributed by atoms with Gasteiger partial charge in [0.2, 0.25) is 5.89 Å². The molecule has 1 aromatic heterocycles. The van der Waals surface area contributed by atoms with E-state index in [9.17, 15) is 0 Å². The molecule has 0 amide bonds. The van der Waals surface area contributed by atoms with Gasteiger partial charge in [-0.3, -0.25) is 9.89 Å². The first-order valence-electron chi connectivity index (χ1n) is 9.94. The largest absolute Gasteiger partial charge is 0.439 e. The van der Waals surface area contributed by atoms with Crippen molar-refractivity contribution >= 4 is 29.9 Å². The van der Waals surface area contributed by atoms with E-state index in [0.29, 0.717) is 18.5 Å². The maximum absolute atomic E-state index is 5.91. The fourth-order valence-electron chi connectivity index (χ4n) is 4.07. The van der Waals surface area contributed by atoms with Gasteiger partial charge in [0.1, 0.15) is 0 Å². The molecule has 28 heavy (non-hydrogen) atoms. The molecular formula is C21H30IN5O. The lowest BCUT2D eigenvalue weighted by atomic mass is 10.1. The first-order chi connectivity index (χ1) is 13.2. The average molecular weight is 495 g/mol. The van der Waals surface area contributed by atoms with E-state index < -0.39 is 0 Å². The summed E-state index contributed by atoms with van der Waals surface area (Å²) < 4.78 is 5.91. The van der Waals surface area contributed by atoms with Gasteiger partial charge in [0.25, 0.3) is 0 Å². The van der Waals surface area contributed by atoms with Crippen molar-refractivity contribution in [2.75, 3.05) is 33.2 Å². The standard InChI is InChI=1S/C21H29N5O.HI/c1-16-5-7-17(8-6-16)19-13-23-20(27-19)14-24-21(22-2)26-12-9-18(15-26)25-10-3-4-11-25;/h5-8,13,18H,3-4,9-12,14-15H2,1-2H3,(H,22,24);1H. The second-order valence-electron chi connectivity index (χ2n) is 7.52. The van der Waals surface area contributed by atoms with Gasteiger partial charge in [-0.1, -0.05) is 29.8 Å². The Morgan fingerprint density at radius 1 is 1.21 bits per heavy atom. The van der Waals surface area contributed by atoms with E-state index in [1.807, 2.05) is 7.05 Å². The van der Waals surface area contributed by atoms with E-state index in [0.717, 1.165) is 30.4 Å². The molecule has 0 saturated carbocycles. The summed E-state index contributed by atoms with van der Waals surface area (Å²) in [5.74, 6) is 2.42. The fourth-order valence-corrected chi connectivity index (χ4v) is 4.07. The lowest BCUT2D eigenvalue weighted by Crippen LogP contribution is -2.42. The Kier molecular flexibility index (Phi) is 7.34. The van der Waals surface area contributed by atoms with Crippen LogP contribution in [0.5, 0.6) is 0 Å². The number of oxazole rings is 1. The molecular weight excluding hydrogens is 465 g/mol. The smallest absolute Gasteiger partial charge is 0.214 e. The van der Waals surface area contributed by atoms with Crippen LogP contribution in [0.4, 0.5) is 0 Å². The molecule has 3 heterocycles. The molecule has 0 bridgehead atoms. The monoisotopic (exact) mass is 495 g/mol. The van der Waals surface area contributed by atoms with E-state index >= 15 is 0 Å². The van der Waals surface area contributed by atoms with Gasteiger partial charge >= 0.3 is 0 Å². The van der Waals surface area contributed by atoms with E-state index in [1.165, 1.54) is 37.9 Å². The highest BCUT2D eigenvalue weighted by atomic mass is 127. The number of likely N-dealkylation sites (tertiary alicyclic amines) is 2. The van der Waals surface area contributed by atoms with Crippen LogP contribution in [0.1, 0.15) is 30.7 Å². The molecule has 2 fully saturated rings. The van der Waals surface area contributed by atoms with Crippen molar-refractivity contribution in [1.29, 1.82) is 0 Å². The zero-order chi connectivity index (χ0) is 18.6. The quantitative estimate of drug-likeness (QED) is 0.400. The predicted molar refractivity (Wildman–Crippen MR) is 123 cm³/mol. The Hall–Kier alpha value is -1.61. The van der Waals surface area contributed by atoms with Gasteiger partial charge in [0, 0.05) is 31.7 Å². The number of nitrogens with zero attached hydrogens (tertiary/aromatic N) is 4. The SMILES string of the molecule is CN=C(NCc1ncc(-c2ccc(C)cc2)o1)N1CCC(N2CCCC2)C1.I.